The summed E-state index contributed by atoms with van der Waals surface area (Å²) in [6, 6.07) is 0. The van der Waals surface area contributed by atoms with Crippen LogP contribution in [0.5, 0.6) is 0 Å². The van der Waals surface area contributed by atoms with Gasteiger partial charge in [0.15, 0.2) is 0 Å². The van der Waals surface area contributed by atoms with E-state index in [1.807, 2.05) is 0 Å². The van der Waals surface area contributed by atoms with Crippen LogP contribution < -0.4 is 11.2 Å². The lowest BCUT2D eigenvalue weighted by atomic mass is 10.0. The summed E-state index contributed by atoms with van der Waals surface area (Å²) in [6.07, 6.45) is -7.78. The van der Waals surface area contributed by atoms with Crippen molar-refractivity contribution in [1.82, 2.24) is 9.55 Å². The molecule has 4 atom stereocenters. The standard InChI is InChI=1S/C10H13Cl2N2O7P/c1-14-2-4(9(17)13-10(14)18)8-7(16)6(15)5(21-8)3-20-22(11,12)19/h2,5-8,15-16H,3H2,1H3,(H,13,17,18)/t5-,6?,7+,8+/m1/s1. The first-order valence-electron chi connectivity index (χ1n) is 6.05. The zero-order chi connectivity index (χ0) is 16.7. The van der Waals surface area contributed by atoms with E-state index in [0.717, 1.165) is 4.57 Å². The van der Waals surface area contributed by atoms with Gasteiger partial charge in [-0.05, 0) is 22.5 Å². The Morgan fingerprint density at radius 2 is 2.05 bits per heavy atom. The summed E-state index contributed by atoms with van der Waals surface area (Å²) in [5.74, 6) is 0. The number of halogens is 2. The van der Waals surface area contributed by atoms with Crippen molar-refractivity contribution in [2.45, 2.75) is 24.4 Å². The molecule has 0 aromatic carbocycles. The molecule has 12 heteroatoms. The summed E-state index contributed by atoms with van der Waals surface area (Å²) in [4.78, 5) is 25.2. The quantitative estimate of drug-likeness (QED) is 0.623. The number of aryl methyl sites for hydroxylation is 1. The van der Waals surface area contributed by atoms with Crippen molar-refractivity contribution >= 4 is 28.6 Å². The number of aliphatic hydroxyl groups is 2. The van der Waals surface area contributed by atoms with Crippen molar-refractivity contribution < 1.29 is 24.0 Å². The summed E-state index contributed by atoms with van der Waals surface area (Å²) in [5, 5.41) is 19.9. The van der Waals surface area contributed by atoms with Gasteiger partial charge in [-0.2, -0.15) is 0 Å². The number of aromatic amines is 1. The number of ether oxygens (including phenoxy) is 1. The maximum absolute atomic E-state index is 11.8. The highest BCUT2D eigenvalue weighted by atomic mass is 35.9. The first-order chi connectivity index (χ1) is 10.1. The molecule has 1 unspecified atom stereocenters. The molecule has 0 saturated carbocycles. The van der Waals surface area contributed by atoms with Crippen LogP contribution in [0.2, 0.25) is 0 Å². The first kappa shape index (κ1) is 17.7. The van der Waals surface area contributed by atoms with Crippen molar-refractivity contribution in [2.24, 2.45) is 7.05 Å². The van der Waals surface area contributed by atoms with Gasteiger partial charge in [0, 0.05) is 13.2 Å². The fraction of sp³-hybridized carbons (Fsp3) is 0.600. The second-order valence-electron chi connectivity index (χ2n) is 4.74. The van der Waals surface area contributed by atoms with Gasteiger partial charge in [-0.1, -0.05) is 0 Å². The number of nitrogens with one attached hydrogen (secondary N) is 1. The van der Waals surface area contributed by atoms with E-state index in [2.05, 4.69) is 9.51 Å². The first-order valence-corrected chi connectivity index (χ1v) is 9.49. The van der Waals surface area contributed by atoms with Gasteiger partial charge in [0.1, 0.15) is 24.4 Å². The average molecular weight is 375 g/mol. The molecule has 3 N–H and O–H groups in total. The third-order valence-corrected chi connectivity index (χ3v) is 4.23. The number of aromatic nitrogens is 2. The van der Waals surface area contributed by atoms with Crippen molar-refractivity contribution in [3.05, 3.63) is 32.6 Å². The molecule has 124 valence electrons. The molecule has 0 amide bonds. The lowest BCUT2D eigenvalue weighted by molar-refractivity contribution is -0.0159. The highest BCUT2D eigenvalue weighted by Crippen LogP contribution is 2.57. The van der Waals surface area contributed by atoms with Crippen molar-refractivity contribution in [3.8, 4) is 0 Å². The number of aliphatic hydroxyl groups excluding tert-OH is 2. The minimum Gasteiger partial charge on any atom is -0.387 e. The Hall–Kier alpha value is -0.670. The Labute approximate surface area is 133 Å². The third-order valence-electron chi connectivity index (χ3n) is 3.19. The predicted molar refractivity (Wildman–Crippen MR) is 77.2 cm³/mol. The fourth-order valence-electron chi connectivity index (χ4n) is 2.09. The van der Waals surface area contributed by atoms with E-state index in [4.69, 9.17) is 27.2 Å². The molecule has 1 saturated heterocycles. The molecule has 1 aliphatic heterocycles. The van der Waals surface area contributed by atoms with Crippen LogP contribution in [-0.4, -0.2) is 44.7 Å². The number of nitrogens with zero attached hydrogens (tertiary/aromatic N) is 1. The minimum atomic E-state index is -3.82. The van der Waals surface area contributed by atoms with Crippen LogP contribution in [0.3, 0.4) is 0 Å². The molecule has 0 radical (unpaired) electrons. The molecule has 1 aliphatic rings. The number of hydrogen-bond donors (Lipinski definition) is 3. The molecule has 0 spiro atoms. The third kappa shape index (κ3) is 3.80. The summed E-state index contributed by atoms with van der Waals surface area (Å²) in [7, 11) is 1.40. The monoisotopic (exact) mass is 374 g/mol. The van der Waals surface area contributed by atoms with Gasteiger partial charge in [0.25, 0.3) is 5.56 Å². The Morgan fingerprint density at radius 3 is 2.64 bits per heavy atom. The topological polar surface area (TPSA) is 131 Å². The van der Waals surface area contributed by atoms with Crippen LogP contribution in [0.1, 0.15) is 11.7 Å². The Kier molecular flexibility index (Phi) is 5.18. The molecule has 22 heavy (non-hydrogen) atoms. The van der Waals surface area contributed by atoms with Crippen LogP contribution in [0.25, 0.3) is 0 Å². The van der Waals surface area contributed by atoms with E-state index in [-0.39, 0.29) is 5.56 Å². The number of rotatable bonds is 4. The summed E-state index contributed by atoms with van der Waals surface area (Å²) >= 11 is 10.4. The fourth-order valence-corrected chi connectivity index (χ4v) is 2.75. The molecule has 1 fully saturated rings. The molecule has 0 aliphatic carbocycles. The van der Waals surface area contributed by atoms with Crippen LogP contribution in [0.4, 0.5) is 0 Å². The molecular formula is C10H13Cl2N2O7P. The van der Waals surface area contributed by atoms with Gasteiger partial charge >= 0.3 is 11.8 Å². The van der Waals surface area contributed by atoms with Gasteiger partial charge in [-0.3, -0.25) is 14.3 Å². The second-order valence-corrected chi connectivity index (χ2v) is 9.02. The van der Waals surface area contributed by atoms with E-state index in [1.54, 1.807) is 0 Å². The van der Waals surface area contributed by atoms with Crippen molar-refractivity contribution in [1.29, 1.82) is 0 Å². The number of hydrogen-bond acceptors (Lipinski definition) is 7. The average Bonchev–Trinajstić information content (AvgIpc) is 2.68. The van der Waals surface area contributed by atoms with Crippen LogP contribution in [0.15, 0.2) is 15.8 Å². The van der Waals surface area contributed by atoms with Crippen molar-refractivity contribution in [2.75, 3.05) is 6.61 Å². The zero-order valence-electron chi connectivity index (χ0n) is 11.2. The van der Waals surface area contributed by atoms with Gasteiger partial charge in [0.05, 0.1) is 12.2 Å². The number of H-pyrrole nitrogens is 1. The summed E-state index contributed by atoms with van der Waals surface area (Å²) in [6.45, 7) is -0.442. The highest BCUT2D eigenvalue weighted by molar-refractivity contribution is 8.05. The van der Waals surface area contributed by atoms with Crippen LogP contribution in [-0.2, 0) is 20.9 Å². The highest BCUT2D eigenvalue weighted by Gasteiger charge is 2.45. The SMILES string of the molecule is Cn1cc([C@@H]2O[C@H](COP(=O)(Cl)Cl)C(O)[C@@H]2O)c(=O)[nH]c1=O. The molecule has 2 heterocycles. The normalized spacial score (nSPS) is 29.0. The lowest BCUT2D eigenvalue weighted by Crippen LogP contribution is -2.35. The van der Waals surface area contributed by atoms with Gasteiger partial charge < -0.3 is 24.0 Å². The molecule has 0 bridgehead atoms. The second kappa shape index (κ2) is 6.45. The Morgan fingerprint density at radius 1 is 1.41 bits per heavy atom. The molecular weight excluding hydrogens is 362 g/mol. The van der Waals surface area contributed by atoms with Crippen LogP contribution in [0, 0.1) is 0 Å². The maximum Gasteiger partial charge on any atom is 0.380 e. The van der Waals surface area contributed by atoms with E-state index < -0.39 is 48.3 Å². The van der Waals surface area contributed by atoms with Crippen molar-refractivity contribution in [3.63, 3.8) is 0 Å². The predicted octanol–water partition coefficient (Wildman–Crippen LogP) is -0.162. The van der Waals surface area contributed by atoms with E-state index in [9.17, 15) is 24.4 Å². The van der Waals surface area contributed by atoms with Crippen LogP contribution >= 0.6 is 28.6 Å². The molecule has 1 aromatic rings. The molecule has 2 rings (SSSR count). The summed E-state index contributed by atoms with van der Waals surface area (Å²) < 4.78 is 22.1. The minimum absolute atomic E-state index is 0.0453. The maximum atomic E-state index is 11.8. The summed E-state index contributed by atoms with van der Waals surface area (Å²) in [5.41, 5.74) is -1.43. The van der Waals surface area contributed by atoms with E-state index in [0.29, 0.717) is 0 Å². The Balaban J connectivity index is 2.23. The molecule has 1 aromatic heterocycles. The lowest BCUT2D eigenvalue weighted by Gasteiger charge is -2.14. The Bertz CT molecular complexity index is 714. The van der Waals surface area contributed by atoms with Gasteiger partial charge in [-0.15, -0.1) is 0 Å². The van der Waals surface area contributed by atoms with E-state index >= 15 is 0 Å². The van der Waals surface area contributed by atoms with E-state index in [1.165, 1.54) is 13.2 Å². The van der Waals surface area contributed by atoms with Gasteiger partial charge in [0.2, 0.25) is 0 Å². The largest absolute Gasteiger partial charge is 0.387 e. The van der Waals surface area contributed by atoms with Gasteiger partial charge in [-0.25, -0.2) is 4.79 Å². The zero-order valence-corrected chi connectivity index (χ0v) is 13.6. The molecule has 9 nitrogen and oxygen atoms in total. The smallest absolute Gasteiger partial charge is 0.380 e.